The fourth-order valence-corrected chi connectivity index (χ4v) is 3.90. The predicted molar refractivity (Wildman–Crippen MR) is 86.3 cm³/mol. The van der Waals surface area contributed by atoms with Crippen LogP contribution in [0, 0.1) is 0 Å². The first-order chi connectivity index (χ1) is 9.94. The topological polar surface area (TPSA) is 33.1 Å². The minimum Gasteiger partial charge on any atom is -0.308 e. The highest BCUT2D eigenvalue weighted by molar-refractivity contribution is 5.12. The van der Waals surface area contributed by atoms with Crippen molar-refractivity contribution in [3.63, 3.8) is 0 Å². The second kappa shape index (κ2) is 5.40. The van der Waals surface area contributed by atoms with E-state index in [0.717, 1.165) is 19.5 Å². The molecule has 0 unspecified atom stereocenters. The van der Waals surface area contributed by atoms with Crippen LogP contribution in [0.3, 0.4) is 0 Å². The highest BCUT2D eigenvalue weighted by Crippen LogP contribution is 2.36. The minimum absolute atomic E-state index is 0.213. The van der Waals surface area contributed by atoms with E-state index < -0.39 is 0 Å². The number of hydrogen-bond acceptors (Lipinski definition) is 3. The van der Waals surface area contributed by atoms with Gasteiger partial charge in [0.1, 0.15) is 0 Å². The Kier molecular flexibility index (Phi) is 3.87. The normalized spacial score (nSPS) is 24.8. The number of rotatable bonds is 3. The van der Waals surface area contributed by atoms with Crippen LogP contribution in [-0.2, 0) is 20.0 Å². The van der Waals surface area contributed by atoms with Crippen LogP contribution in [-0.4, -0.2) is 38.8 Å². The molecule has 1 aliphatic heterocycles. The van der Waals surface area contributed by atoms with Crippen molar-refractivity contribution in [1.82, 2.24) is 20.0 Å². The third-order valence-corrected chi connectivity index (χ3v) is 5.55. The number of nitrogens with zero attached hydrogens (tertiary/aromatic N) is 3. The van der Waals surface area contributed by atoms with Crippen LogP contribution in [0.15, 0.2) is 6.07 Å². The second-order valence-electron chi connectivity index (χ2n) is 7.61. The second-order valence-corrected chi connectivity index (χ2v) is 7.61. The molecule has 2 fully saturated rings. The monoisotopic (exact) mass is 290 g/mol. The standard InChI is InChI=1S/C17H30N4/c1-5-14-10-15(20(4)19-14)11-21-13-17(8-6-7-9-17)18-12-16(21,2)3/h10,18H,5-9,11-13H2,1-4H3. The zero-order valence-corrected chi connectivity index (χ0v) is 14.1. The molecule has 4 nitrogen and oxygen atoms in total. The lowest BCUT2D eigenvalue weighted by atomic mass is 9.87. The van der Waals surface area contributed by atoms with E-state index in [1.807, 2.05) is 0 Å². The van der Waals surface area contributed by atoms with Crippen molar-refractivity contribution in [3.05, 3.63) is 17.5 Å². The summed E-state index contributed by atoms with van der Waals surface area (Å²) in [5.41, 5.74) is 3.14. The van der Waals surface area contributed by atoms with Gasteiger partial charge in [-0.1, -0.05) is 19.8 Å². The van der Waals surface area contributed by atoms with Crippen LogP contribution < -0.4 is 5.32 Å². The van der Waals surface area contributed by atoms with E-state index in [1.54, 1.807) is 0 Å². The molecule has 0 amide bonds. The molecule has 2 heterocycles. The summed E-state index contributed by atoms with van der Waals surface area (Å²) in [5, 5.41) is 8.47. The third-order valence-electron chi connectivity index (χ3n) is 5.55. The van der Waals surface area contributed by atoms with E-state index in [-0.39, 0.29) is 5.54 Å². The SMILES string of the molecule is CCc1cc(CN2CC3(CCCC3)NCC2(C)C)n(C)n1. The lowest BCUT2D eigenvalue weighted by molar-refractivity contribution is 0.0200. The van der Waals surface area contributed by atoms with Gasteiger partial charge in [0.15, 0.2) is 0 Å². The summed E-state index contributed by atoms with van der Waals surface area (Å²) in [7, 11) is 2.08. The van der Waals surface area contributed by atoms with Crippen LogP contribution >= 0.6 is 0 Å². The number of aromatic nitrogens is 2. The van der Waals surface area contributed by atoms with Crippen molar-refractivity contribution in [3.8, 4) is 0 Å². The average molecular weight is 290 g/mol. The van der Waals surface area contributed by atoms with Gasteiger partial charge in [0, 0.05) is 37.8 Å². The van der Waals surface area contributed by atoms with Crippen molar-refractivity contribution < 1.29 is 0 Å². The van der Waals surface area contributed by atoms with Gasteiger partial charge in [0.25, 0.3) is 0 Å². The number of hydrogen-bond donors (Lipinski definition) is 1. The summed E-state index contributed by atoms with van der Waals surface area (Å²) in [6, 6.07) is 2.28. The summed E-state index contributed by atoms with van der Waals surface area (Å²) >= 11 is 0. The molecule has 1 aromatic rings. The molecular weight excluding hydrogens is 260 g/mol. The van der Waals surface area contributed by atoms with Crippen LogP contribution in [0.2, 0.25) is 0 Å². The van der Waals surface area contributed by atoms with Crippen LogP contribution in [0.5, 0.6) is 0 Å². The average Bonchev–Trinajstić information content (AvgIpc) is 3.03. The molecule has 1 N–H and O–H groups in total. The van der Waals surface area contributed by atoms with Gasteiger partial charge in [0.05, 0.1) is 11.4 Å². The maximum absolute atomic E-state index is 4.61. The van der Waals surface area contributed by atoms with Gasteiger partial charge >= 0.3 is 0 Å². The number of piperazine rings is 1. The van der Waals surface area contributed by atoms with E-state index >= 15 is 0 Å². The maximum Gasteiger partial charge on any atom is 0.0625 e. The lowest BCUT2D eigenvalue weighted by Gasteiger charge is -2.51. The zero-order chi connectivity index (χ0) is 15.1. The Bertz CT molecular complexity index is 497. The molecule has 1 saturated carbocycles. The van der Waals surface area contributed by atoms with Crippen molar-refractivity contribution >= 4 is 0 Å². The smallest absolute Gasteiger partial charge is 0.0625 e. The molecule has 0 aromatic carbocycles. The first kappa shape index (κ1) is 15.0. The molecule has 1 saturated heterocycles. The highest BCUT2D eigenvalue weighted by atomic mass is 15.3. The molecule has 21 heavy (non-hydrogen) atoms. The number of nitrogens with one attached hydrogen (secondary N) is 1. The largest absolute Gasteiger partial charge is 0.308 e. The van der Waals surface area contributed by atoms with E-state index in [4.69, 9.17) is 0 Å². The van der Waals surface area contributed by atoms with Gasteiger partial charge in [-0.05, 0) is 39.2 Å². The Hall–Kier alpha value is -0.870. The Morgan fingerprint density at radius 2 is 2.00 bits per heavy atom. The van der Waals surface area contributed by atoms with Crippen LogP contribution in [0.25, 0.3) is 0 Å². The zero-order valence-electron chi connectivity index (χ0n) is 14.1. The van der Waals surface area contributed by atoms with Crippen LogP contribution in [0.1, 0.15) is 57.8 Å². The van der Waals surface area contributed by atoms with Gasteiger partial charge in [0.2, 0.25) is 0 Å². The lowest BCUT2D eigenvalue weighted by Crippen LogP contribution is -2.67. The fourth-order valence-electron chi connectivity index (χ4n) is 3.90. The highest BCUT2D eigenvalue weighted by Gasteiger charge is 2.44. The van der Waals surface area contributed by atoms with E-state index in [2.05, 4.69) is 53.9 Å². The summed E-state index contributed by atoms with van der Waals surface area (Å²) < 4.78 is 2.07. The van der Waals surface area contributed by atoms with Crippen LogP contribution in [0.4, 0.5) is 0 Å². The fraction of sp³-hybridized carbons (Fsp3) is 0.824. The Balaban J connectivity index is 1.78. The predicted octanol–water partition coefficient (Wildman–Crippen LogP) is 2.48. The molecule has 1 aliphatic carbocycles. The molecular formula is C17H30N4. The molecule has 0 atom stereocenters. The van der Waals surface area contributed by atoms with Gasteiger partial charge in [-0.25, -0.2) is 0 Å². The Morgan fingerprint density at radius 3 is 2.62 bits per heavy atom. The van der Waals surface area contributed by atoms with E-state index in [9.17, 15) is 0 Å². The van der Waals surface area contributed by atoms with Gasteiger partial charge in [-0.15, -0.1) is 0 Å². The van der Waals surface area contributed by atoms with Gasteiger partial charge < -0.3 is 5.32 Å². The molecule has 0 bridgehead atoms. The van der Waals surface area contributed by atoms with E-state index in [0.29, 0.717) is 5.54 Å². The molecule has 1 aromatic heterocycles. The molecule has 1 spiro atoms. The maximum atomic E-state index is 4.61. The summed E-state index contributed by atoms with van der Waals surface area (Å²) in [4.78, 5) is 2.67. The first-order valence-electron chi connectivity index (χ1n) is 8.46. The summed E-state index contributed by atoms with van der Waals surface area (Å²) in [6.45, 7) is 10.2. The van der Waals surface area contributed by atoms with Gasteiger partial charge in [-0.3, -0.25) is 9.58 Å². The quantitative estimate of drug-likeness (QED) is 0.928. The molecule has 4 heteroatoms. The molecule has 0 radical (unpaired) electrons. The van der Waals surface area contributed by atoms with Crippen molar-refractivity contribution in [2.24, 2.45) is 7.05 Å². The Labute approximate surface area is 128 Å². The summed E-state index contributed by atoms with van der Waals surface area (Å²) in [5.74, 6) is 0. The third kappa shape index (κ3) is 2.88. The first-order valence-corrected chi connectivity index (χ1v) is 8.46. The summed E-state index contributed by atoms with van der Waals surface area (Å²) in [6.07, 6.45) is 6.46. The molecule has 118 valence electrons. The minimum atomic E-state index is 0.213. The molecule has 3 rings (SSSR count). The molecule has 2 aliphatic rings. The van der Waals surface area contributed by atoms with Gasteiger partial charge in [-0.2, -0.15) is 5.10 Å². The van der Waals surface area contributed by atoms with Crippen molar-refractivity contribution in [2.75, 3.05) is 13.1 Å². The number of aryl methyl sites for hydroxylation is 2. The van der Waals surface area contributed by atoms with Crippen molar-refractivity contribution in [1.29, 1.82) is 0 Å². The van der Waals surface area contributed by atoms with E-state index in [1.165, 1.54) is 43.6 Å². The van der Waals surface area contributed by atoms with Crippen molar-refractivity contribution in [2.45, 2.75) is 70.5 Å². The Morgan fingerprint density at radius 1 is 1.29 bits per heavy atom.